The molecule has 3 aromatic carbocycles. The lowest BCUT2D eigenvalue weighted by Gasteiger charge is -2.17. The number of nitrogens with zero attached hydrogens (tertiary/aromatic N) is 2. The fourth-order valence-electron chi connectivity index (χ4n) is 3.52. The Kier molecular flexibility index (Phi) is 6.06. The van der Waals surface area contributed by atoms with E-state index in [9.17, 15) is 9.18 Å². The van der Waals surface area contributed by atoms with E-state index in [1.807, 2.05) is 37.4 Å². The van der Waals surface area contributed by atoms with Gasteiger partial charge < -0.3 is 10.6 Å². The second-order valence-electron chi connectivity index (χ2n) is 7.37. The number of carbonyl (C=O) groups excluding carboxylic acids is 1. The number of rotatable bonds is 6. The van der Waals surface area contributed by atoms with E-state index < -0.39 is 0 Å². The van der Waals surface area contributed by atoms with Crippen LogP contribution in [-0.4, -0.2) is 30.2 Å². The van der Waals surface area contributed by atoms with E-state index in [-0.39, 0.29) is 18.3 Å². The fourth-order valence-corrected chi connectivity index (χ4v) is 3.52. The lowest BCUT2D eigenvalue weighted by molar-refractivity contribution is 0.0743. The summed E-state index contributed by atoms with van der Waals surface area (Å²) in [5.41, 5.74) is 5.65. The Morgan fingerprint density at radius 1 is 1.10 bits per heavy atom. The minimum Gasteiger partial charge on any atom is -0.353 e. The molecule has 0 saturated carbocycles. The predicted molar refractivity (Wildman–Crippen MR) is 121 cm³/mol. The molecule has 0 fully saturated rings. The van der Waals surface area contributed by atoms with Crippen molar-refractivity contribution in [3.05, 3.63) is 89.2 Å². The Bertz CT molecular complexity index is 1130. The van der Waals surface area contributed by atoms with Gasteiger partial charge in [-0.2, -0.15) is 0 Å². The summed E-state index contributed by atoms with van der Waals surface area (Å²) in [5.74, 6) is 5.36. The summed E-state index contributed by atoms with van der Waals surface area (Å²) in [5, 5.41) is 7.71. The van der Waals surface area contributed by atoms with Crippen molar-refractivity contribution in [3.8, 4) is 0 Å². The van der Waals surface area contributed by atoms with Crippen molar-refractivity contribution in [3.63, 3.8) is 0 Å². The lowest BCUT2D eigenvalue weighted by atomic mass is 10.1. The quantitative estimate of drug-likeness (QED) is 0.320. The van der Waals surface area contributed by atoms with Crippen LogP contribution in [0.1, 0.15) is 27.9 Å². The van der Waals surface area contributed by atoms with Crippen LogP contribution in [0.4, 0.5) is 21.5 Å². The summed E-state index contributed by atoms with van der Waals surface area (Å²) in [7, 11) is 1.91. The van der Waals surface area contributed by atoms with Crippen LogP contribution in [0.5, 0.6) is 0 Å². The summed E-state index contributed by atoms with van der Waals surface area (Å²) < 4.78 is 13.1. The number of nitrogens with two attached hydrogens (primary N) is 1. The Morgan fingerprint density at radius 3 is 2.65 bits per heavy atom. The molecule has 1 amide bonds. The van der Waals surface area contributed by atoms with Gasteiger partial charge in [-0.15, -0.1) is 0 Å². The van der Waals surface area contributed by atoms with Crippen LogP contribution >= 0.6 is 0 Å². The summed E-state index contributed by atoms with van der Waals surface area (Å²) >= 11 is 0. The van der Waals surface area contributed by atoms with Crippen molar-refractivity contribution >= 4 is 28.7 Å². The van der Waals surface area contributed by atoms with Gasteiger partial charge in [0.15, 0.2) is 0 Å². The van der Waals surface area contributed by atoms with E-state index in [2.05, 4.69) is 10.6 Å². The number of carbonyl (C=O) groups is 1. The number of amides is 1. The molecule has 0 aliphatic carbocycles. The Hall–Kier alpha value is -3.55. The third-order valence-corrected chi connectivity index (χ3v) is 5.15. The summed E-state index contributed by atoms with van der Waals surface area (Å²) in [4.78, 5) is 17.8. The van der Waals surface area contributed by atoms with Crippen LogP contribution in [0.25, 0.3) is 0 Å². The van der Waals surface area contributed by atoms with Gasteiger partial charge in [0.25, 0.3) is 5.91 Å². The molecule has 0 spiro atoms. The fraction of sp³-hybridized carbons (Fsp3) is 0.167. The average Bonchev–Trinajstić information content (AvgIpc) is 2.94. The van der Waals surface area contributed by atoms with Gasteiger partial charge in [0, 0.05) is 29.8 Å². The van der Waals surface area contributed by atoms with Crippen molar-refractivity contribution in [1.82, 2.24) is 10.3 Å². The van der Waals surface area contributed by atoms with Crippen LogP contribution in [-0.2, 0) is 6.54 Å². The van der Waals surface area contributed by atoms with Gasteiger partial charge in [0.2, 0.25) is 0 Å². The molecule has 0 saturated heterocycles. The molecule has 1 aliphatic rings. The minimum absolute atomic E-state index is 0.177. The predicted octanol–water partition coefficient (Wildman–Crippen LogP) is 4.13. The highest BCUT2D eigenvalue weighted by atomic mass is 19.1. The van der Waals surface area contributed by atoms with Crippen molar-refractivity contribution in [2.75, 3.05) is 18.9 Å². The molecule has 4 N–H and O–H groups in total. The number of halogens is 1. The number of hydrogen-bond acceptors (Lipinski definition) is 5. The third-order valence-electron chi connectivity index (χ3n) is 5.15. The monoisotopic (exact) mass is 417 g/mol. The van der Waals surface area contributed by atoms with Gasteiger partial charge in [-0.05, 0) is 49.0 Å². The number of anilines is 2. The molecular weight excluding hydrogens is 393 g/mol. The number of hydrogen-bond donors (Lipinski definition) is 3. The topological polar surface area (TPSA) is 82.8 Å². The molecule has 4 rings (SSSR count). The highest BCUT2D eigenvalue weighted by Gasteiger charge is 2.19. The molecule has 0 bridgehead atoms. The van der Waals surface area contributed by atoms with E-state index in [1.165, 1.54) is 12.1 Å². The maximum Gasteiger partial charge on any atom is 0.268 e. The number of para-hydroxylation sites is 1. The van der Waals surface area contributed by atoms with Gasteiger partial charge in [0.05, 0.1) is 23.6 Å². The van der Waals surface area contributed by atoms with E-state index in [0.717, 1.165) is 46.2 Å². The number of nitrogens with one attached hydrogen (secondary N) is 2. The summed E-state index contributed by atoms with van der Waals surface area (Å²) in [6, 6.07) is 19.3. The van der Waals surface area contributed by atoms with Crippen molar-refractivity contribution in [2.45, 2.75) is 13.0 Å². The van der Waals surface area contributed by atoms with Gasteiger partial charge in [-0.25, -0.2) is 10.2 Å². The zero-order chi connectivity index (χ0) is 21.8. The van der Waals surface area contributed by atoms with Crippen LogP contribution in [0, 0.1) is 5.82 Å². The molecule has 0 aromatic heterocycles. The second-order valence-corrected chi connectivity index (χ2v) is 7.37. The normalized spacial score (nSPS) is 12.2. The summed E-state index contributed by atoms with van der Waals surface area (Å²) in [6.07, 6.45) is 0.750. The van der Waals surface area contributed by atoms with Crippen LogP contribution in [0.3, 0.4) is 0 Å². The number of fused-ring (bicyclic) bond motifs is 2. The molecule has 1 heterocycles. The molecule has 1 aliphatic heterocycles. The zero-order valence-electron chi connectivity index (χ0n) is 17.2. The molecular formula is C24H24FN5O. The first-order chi connectivity index (χ1) is 15.0. The molecule has 6 nitrogen and oxygen atoms in total. The van der Waals surface area contributed by atoms with E-state index >= 15 is 0 Å². The molecule has 3 aromatic rings. The summed E-state index contributed by atoms with van der Waals surface area (Å²) in [6.45, 7) is 0.964. The highest BCUT2D eigenvalue weighted by Crippen LogP contribution is 2.35. The Labute approximate surface area is 180 Å². The molecule has 158 valence electrons. The van der Waals surface area contributed by atoms with E-state index in [1.54, 1.807) is 24.3 Å². The third kappa shape index (κ3) is 4.63. The lowest BCUT2D eigenvalue weighted by Crippen LogP contribution is -2.36. The molecule has 0 unspecified atom stereocenters. The van der Waals surface area contributed by atoms with Gasteiger partial charge >= 0.3 is 0 Å². The molecule has 0 radical (unpaired) electrons. The van der Waals surface area contributed by atoms with Gasteiger partial charge in [0.1, 0.15) is 5.82 Å². The minimum atomic E-state index is -0.333. The first-order valence-electron chi connectivity index (χ1n) is 10.1. The maximum atomic E-state index is 13.1. The highest BCUT2D eigenvalue weighted by molar-refractivity contribution is 6.09. The number of aliphatic imine (C=N–C) groups is 1. The van der Waals surface area contributed by atoms with E-state index in [4.69, 9.17) is 10.8 Å². The second kappa shape index (κ2) is 9.07. The Balaban J connectivity index is 1.62. The van der Waals surface area contributed by atoms with Gasteiger partial charge in [-0.3, -0.25) is 14.8 Å². The average molecular weight is 417 g/mol. The van der Waals surface area contributed by atoms with Gasteiger partial charge in [-0.1, -0.05) is 30.3 Å². The van der Waals surface area contributed by atoms with Crippen molar-refractivity contribution in [1.29, 1.82) is 0 Å². The van der Waals surface area contributed by atoms with Crippen molar-refractivity contribution < 1.29 is 9.18 Å². The largest absolute Gasteiger partial charge is 0.353 e. The molecule has 7 heteroatoms. The van der Waals surface area contributed by atoms with Crippen molar-refractivity contribution in [2.24, 2.45) is 10.8 Å². The van der Waals surface area contributed by atoms with Crippen LogP contribution in [0.2, 0.25) is 0 Å². The molecule has 0 atom stereocenters. The molecule has 31 heavy (non-hydrogen) atoms. The Morgan fingerprint density at radius 2 is 1.87 bits per heavy atom. The maximum absolute atomic E-state index is 13.1. The standard InChI is InChI=1S/C24H24FN5O/c1-27-13-12-21-19-4-2-3-5-20(19)28-22-11-8-17(14-23(22)29-21)24(31)30(26)15-16-6-9-18(25)10-7-16/h2-11,14,27-28H,12-13,15,26H2,1H3. The van der Waals surface area contributed by atoms with Crippen LogP contribution in [0.15, 0.2) is 71.7 Å². The number of benzene rings is 3. The SMILES string of the molecule is CNCCC1=Nc2cc(C(=O)N(N)Cc3ccc(F)cc3)ccc2Nc2ccccc21. The zero-order valence-corrected chi connectivity index (χ0v) is 17.2. The smallest absolute Gasteiger partial charge is 0.268 e. The first kappa shape index (κ1) is 20.7. The first-order valence-corrected chi connectivity index (χ1v) is 10.1. The van der Waals surface area contributed by atoms with E-state index in [0.29, 0.717) is 11.3 Å². The number of hydrazine groups is 1. The van der Waals surface area contributed by atoms with Crippen LogP contribution < -0.4 is 16.5 Å².